The highest BCUT2D eigenvalue weighted by atomic mass is 79.9. The highest BCUT2D eigenvalue weighted by Crippen LogP contribution is 2.20. The summed E-state index contributed by atoms with van der Waals surface area (Å²) in [6.45, 7) is 4.43. The average molecular weight is 400 g/mol. The van der Waals surface area contributed by atoms with Gasteiger partial charge >= 0.3 is 0 Å². The topological polar surface area (TPSA) is 46.9 Å². The minimum absolute atomic E-state index is 0.00706. The van der Waals surface area contributed by atoms with Crippen molar-refractivity contribution in [2.45, 2.75) is 39.3 Å². The number of fused-ring (bicyclic) bond motifs is 1. The van der Waals surface area contributed by atoms with Crippen molar-refractivity contribution in [2.24, 2.45) is 0 Å². The molecule has 5 heteroatoms. The molecule has 4 nitrogen and oxygen atoms in total. The van der Waals surface area contributed by atoms with Crippen molar-refractivity contribution in [2.75, 3.05) is 0 Å². The maximum absolute atomic E-state index is 12.7. The Hall–Kier alpha value is -2.14. The number of nitrogens with one attached hydrogen (secondary N) is 1. The van der Waals surface area contributed by atoms with Gasteiger partial charge in [-0.3, -0.25) is 4.79 Å². The normalized spacial score (nSPS) is 12.3. The second-order valence-electron chi connectivity index (χ2n) is 6.04. The minimum atomic E-state index is 0.00706. The van der Waals surface area contributed by atoms with Gasteiger partial charge in [0.1, 0.15) is 12.4 Å². The molecule has 1 aromatic heterocycles. The third-order valence-electron chi connectivity index (χ3n) is 4.37. The first kappa shape index (κ1) is 17.7. The highest BCUT2D eigenvalue weighted by Gasteiger charge is 2.16. The summed E-state index contributed by atoms with van der Waals surface area (Å²) in [6, 6.07) is 16.1. The Morgan fingerprint density at radius 2 is 1.88 bits per heavy atom. The fourth-order valence-corrected chi connectivity index (χ4v) is 3.34. The molecule has 1 atom stereocenters. The van der Waals surface area contributed by atoms with E-state index in [0.29, 0.717) is 0 Å². The number of benzene rings is 2. The summed E-state index contributed by atoms with van der Waals surface area (Å²) in [5.41, 5.74) is 3.06. The van der Waals surface area contributed by atoms with Gasteiger partial charge in [0.2, 0.25) is 5.91 Å². The molecule has 1 N–H and O–H groups in total. The van der Waals surface area contributed by atoms with Gasteiger partial charge in [0.25, 0.3) is 0 Å². The molecule has 1 heterocycles. The van der Waals surface area contributed by atoms with E-state index in [-0.39, 0.29) is 18.5 Å². The zero-order chi connectivity index (χ0) is 17.8. The molecule has 0 bridgehead atoms. The van der Waals surface area contributed by atoms with Gasteiger partial charge in [-0.1, -0.05) is 54.0 Å². The monoisotopic (exact) mass is 399 g/mol. The number of para-hydroxylation sites is 2. The summed E-state index contributed by atoms with van der Waals surface area (Å²) in [5.74, 6) is 0.945. The molecule has 1 unspecified atom stereocenters. The number of halogens is 1. The number of hydrogen-bond donors (Lipinski definition) is 1. The Kier molecular flexibility index (Phi) is 5.53. The second-order valence-corrected chi connectivity index (χ2v) is 6.95. The Balaban J connectivity index is 1.79. The molecule has 0 fully saturated rings. The van der Waals surface area contributed by atoms with E-state index in [2.05, 4.69) is 40.1 Å². The van der Waals surface area contributed by atoms with Crippen LogP contribution < -0.4 is 5.32 Å². The van der Waals surface area contributed by atoms with Crippen LogP contribution in [0.15, 0.2) is 53.0 Å². The second kappa shape index (κ2) is 7.83. The number of nitrogens with zero attached hydrogens (tertiary/aromatic N) is 2. The molecule has 0 radical (unpaired) electrons. The smallest absolute Gasteiger partial charge is 0.240 e. The maximum atomic E-state index is 12.7. The lowest BCUT2D eigenvalue weighted by molar-refractivity contribution is -0.122. The molecule has 25 heavy (non-hydrogen) atoms. The summed E-state index contributed by atoms with van der Waals surface area (Å²) in [4.78, 5) is 17.3. The molecule has 0 aliphatic rings. The lowest BCUT2D eigenvalue weighted by Crippen LogP contribution is -2.31. The quantitative estimate of drug-likeness (QED) is 0.656. The largest absolute Gasteiger partial charge is 0.348 e. The molecule has 0 spiro atoms. The van der Waals surface area contributed by atoms with Crippen molar-refractivity contribution in [1.29, 1.82) is 0 Å². The first-order valence-corrected chi connectivity index (χ1v) is 9.40. The number of carbonyl (C=O) groups is 1. The van der Waals surface area contributed by atoms with Crippen LogP contribution in [0.5, 0.6) is 0 Å². The summed E-state index contributed by atoms with van der Waals surface area (Å²) in [7, 11) is 0. The molecular formula is C20H22BrN3O. The molecule has 3 rings (SSSR count). The molecular weight excluding hydrogens is 378 g/mol. The van der Waals surface area contributed by atoms with E-state index in [1.165, 1.54) is 0 Å². The summed E-state index contributed by atoms with van der Waals surface area (Å²) >= 11 is 3.45. The SMILES string of the molecule is CCc1nc2ccccc2n1CC(=O)NC(CC)c1ccc(Br)cc1. The lowest BCUT2D eigenvalue weighted by Gasteiger charge is -2.18. The van der Waals surface area contributed by atoms with Gasteiger partial charge in [0.15, 0.2) is 0 Å². The number of hydrogen-bond acceptors (Lipinski definition) is 2. The molecule has 3 aromatic rings. The molecule has 0 saturated carbocycles. The summed E-state index contributed by atoms with van der Waals surface area (Å²) in [5, 5.41) is 3.15. The first-order valence-electron chi connectivity index (χ1n) is 8.61. The van der Waals surface area contributed by atoms with E-state index < -0.39 is 0 Å². The van der Waals surface area contributed by atoms with Crippen LogP contribution in [0.4, 0.5) is 0 Å². The van der Waals surface area contributed by atoms with Crippen LogP contribution in [0.25, 0.3) is 11.0 Å². The van der Waals surface area contributed by atoms with Gasteiger partial charge in [0, 0.05) is 10.9 Å². The minimum Gasteiger partial charge on any atom is -0.348 e. The van der Waals surface area contributed by atoms with Gasteiger partial charge in [-0.15, -0.1) is 0 Å². The number of aryl methyl sites for hydroxylation is 1. The van der Waals surface area contributed by atoms with Gasteiger partial charge in [-0.05, 0) is 36.2 Å². The standard InChI is InChI=1S/C20H22BrN3O/c1-3-16(14-9-11-15(21)12-10-14)23-20(25)13-24-18-8-6-5-7-17(18)22-19(24)4-2/h5-12,16H,3-4,13H2,1-2H3,(H,23,25). The zero-order valence-corrected chi connectivity index (χ0v) is 16.1. The Labute approximate surface area is 156 Å². The fourth-order valence-electron chi connectivity index (χ4n) is 3.07. The number of amides is 1. The molecule has 0 aliphatic heterocycles. The van der Waals surface area contributed by atoms with Crippen LogP contribution in [0.3, 0.4) is 0 Å². The number of carbonyl (C=O) groups excluding carboxylic acids is 1. The molecule has 130 valence electrons. The zero-order valence-electron chi connectivity index (χ0n) is 14.5. The van der Waals surface area contributed by atoms with Crippen LogP contribution in [-0.4, -0.2) is 15.5 Å². The predicted octanol–water partition coefficient (Wildman–Crippen LogP) is 4.63. The molecule has 0 saturated heterocycles. The summed E-state index contributed by atoms with van der Waals surface area (Å²) in [6.07, 6.45) is 1.64. The van der Waals surface area contributed by atoms with Crippen LogP contribution in [0.2, 0.25) is 0 Å². The van der Waals surface area contributed by atoms with Gasteiger partial charge in [-0.2, -0.15) is 0 Å². The fraction of sp³-hybridized carbons (Fsp3) is 0.300. The predicted molar refractivity (Wildman–Crippen MR) is 104 cm³/mol. The van der Waals surface area contributed by atoms with Crippen molar-refractivity contribution < 1.29 is 4.79 Å². The van der Waals surface area contributed by atoms with E-state index in [1.54, 1.807) is 0 Å². The average Bonchev–Trinajstić information content (AvgIpc) is 2.98. The van der Waals surface area contributed by atoms with E-state index in [4.69, 9.17) is 0 Å². The molecule has 1 amide bonds. The third kappa shape index (κ3) is 3.93. The Morgan fingerprint density at radius 3 is 2.56 bits per heavy atom. The molecule has 2 aromatic carbocycles. The number of rotatable bonds is 6. The van der Waals surface area contributed by atoms with E-state index >= 15 is 0 Å². The van der Waals surface area contributed by atoms with Crippen molar-refractivity contribution in [3.63, 3.8) is 0 Å². The van der Waals surface area contributed by atoms with Crippen LogP contribution in [0, 0.1) is 0 Å². The van der Waals surface area contributed by atoms with Crippen molar-refractivity contribution >= 4 is 32.9 Å². The van der Waals surface area contributed by atoms with E-state index in [1.807, 2.05) is 53.1 Å². The molecule has 0 aliphatic carbocycles. The lowest BCUT2D eigenvalue weighted by atomic mass is 10.0. The van der Waals surface area contributed by atoms with Crippen LogP contribution >= 0.6 is 15.9 Å². The number of aromatic nitrogens is 2. The summed E-state index contributed by atoms with van der Waals surface area (Å²) < 4.78 is 3.05. The number of imidazole rings is 1. The Bertz CT molecular complexity index is 870. The van der Waals surface area contributed by atoms with E-state index in [0.717, 1.165) is 39.7 Å². The van der Waals surface area contributed by atoms with Gasteiger partial charge in [-0.25, -0.2) is 4.98 Å². The van der Waals surface area contributed by atoms with Crippen LogP contribution in [-0.2, 0) is 17.8 Å². The van der Waals surface area contributed by atoms with Gasteiger partial charge < -0.3 is 9.88 Å². The van der Waals surface area contributed by atoms with Crippen molar-refractivity contribution in [3.05, 3.63) is 64.4 Å². The third-order valence-corrected chi connectivity index (χ3v) is 4.90. The van der Waals surface area contributed by atoms with Crippen molar-refractivity contribution in [1.82, 2.24) is 14.9 Å². The van der Waals surface area contributed by atoms with Gasteiger partial charge in [0.05, 0.1) is 17.1 Å². The van der Waals surface area contributed by atoms with Crippen LogP contribution in [0.1, 0.15) is 37.7 Å². The highest BCUT2D eigenvalue weighted by molar-refractivity contribution is 9.10. The maximum Gasteiger partial charge on any atom is 0.240 e. The van der Waals surface area contributed by atoms with Crippen molar-refractivity contribution in [3.8, 4) is 0 Å². The first-order chi connectivity index (χ1) is 12.1. The van der Waals surface area contributed by atoms with E-state index in [9.17, 15) is 4.79 Å². The Morgan fingerprint density at radius 1 is 1.16 bits per heavy atom.